The fraction of sp³-hybridized carbons (Fsp3) is 0.400. The number of nitrogens with two attached hydrogens (primary N) is 1. The van der Waals surface area contributed by atoms with E-state index in [-0.39, 0.29) is 0 Å². The summed E-state index contributed by atoms with van der Waals surface area (Å²) in [6.07, 6.45) is -5.32. The first kappa shape index (κ1) is 12.8. The van der Waals surface area contributed by atoms with E-state index in [1.165, 1.54) is 7.11 Å². The summed E-state index contributed by atoms with van der Waals surface area (Å²) in [5, 5.41) is 0. The Morgan fingerprint density at radius 3 is 2.50 bits per heavy atom. The SMILES string of the molecule is COc1ccccc1C(CC(F)(F)F)NN. The lowest BCUT2D eigenvalue weighted by Gasteiger charge is -2.20. The second kappa shape index (κ2) is 5.18. The van der Waals surface area contributed by atoms with Crippen molar-refractivity contribution in [2.75, 3.05) is 7.11 Å². The predicted molar refractivity (Wildman–Crippen MR) is 53.7 cm³/mol. The fourth-order valence-corrected chi connectivity index (χ4v) is 1.44. The molecule has 3 nitrogen and oxygen atoms in total. The van der Waals surface area contributed by atoms with Gasteiger partial charge in [0.05, 0.1) is 19.6 Å². The van der Waals surface area contributed by atoms with Crippen LogP contribution in [0.5, 0.6) is 5.75 Å². The molecule has 0 aliphatic carbocycles. The summed E-state index contributed by atoms with van der Waals surface area (Å²) in [6, 6.07) is 5.46. The van der Waals surface area contributed by atoms with Crippen LogP contribution in [-0.2, 0) is 0 Å². The number of benzene rings is 1. The van der Waals surface area contributed by atoms with Crippen LogP contribution in [0.1, 0.15) is 18.0 Å². The molecule has 0 bridgehead atoms. The van der Waals surface area contributed by atoms with Crippen LogP contribution in [0.3, 0.4) is 0 Å². The predicted octanol–water partition coefficient (Wildman–Crippen LogP) is 2.15. The first-order valence-electron chi connectivity index (χ1n) is 4.63. The van der Waals surface area contributed by atoms with Crippen LogP contribution < -0.4 is 16.0 Å². The zero-order valence-corrected chi connectivity index (χ0v) is 8.71. The summed E-state index contributed by atoms with van der Waals surface area (Å²) >= 11 is 0. The highest BCUT2D eigenvalue weighted by Gasteiger charge is 2.33. The Hall–Kier alpha value is -1.27. The summed E-state index contributed by atoms with van der Waals surface area (Å²) in [4.78, 5) is 0. The molecule has 0 aromatic heterocycles. The normalized spacial score (nSPS) is 13.6. The minimum Gasteiger partial charge on any atom is -0.496 e. The van der Waals surface area contributed by atoms with Gasteiger partial charge < -0.3 is 4.74 Å². The van der Waals surface area contributed by atoms with Crippen LogP contribution in [0.15, 0.2) is 24.3 Å². The number of ether oxygens (including phenoxy) is 1. The second-order valence-electron chi connectivity index (χ2n) is 3.28. The number of rotatable bonds is 4. The third-order valence-corrected chi connectivity index (χ3v) is 2.15. The maximum absolute atomic E-state index is 12.3. The van der Waals surface area contributed by atoms with Gasteiger partial charge in [-0.15, -0.1) is 0 Å². The molecule has 3 N–H and O–H groups in total. The van der Waals surface area contributed by atoms with Gasteiger partial charge in [0, 0.05) is 5.56 Å². The number of alkyl halides is 3. The van der Waals surface area contributed by atoms with Crippen molar-refractivity contribution in [2.45, 2.75) is 18.6 Å². The first-order chi connectivity index (χ1) is 7.48. The van der Waals surface area contributed by atoms with Crippen LogP contribution in [0.25, 0.3) is 0 Å². The standard InChI is InChI=1S/C10H13F3N2O/c1-16-9-5-3-2-4-7(9)8(15-14)6-10(11,12)13/h2-5,8,15H,6,14H2,1H3. The molecule has 0 radical (unpaired) electrons. The van der Waals surface area contributed by atoms with Crippen molar-refractivity contribution in [3.63, 3.8) is 0 Å². The Bertz CT molecular complexity index is 341. The summed E-state index contributed by atoms with van der Waals surface area (Å²) in [6.45, 7) is 0. The smallest absolute Gasteiger partial charge is 0.390 e. The maximum Gasteiger partial charge on any atom is 0.390 e. The molecule has 0 saturated carbocycles. The molecule has 0 saturated heterocycles. The van der Waals surface area contributed by atoms with Crippen LogP contribution in [-0.4, -0.2) is 13.3 Å². The highest BCUT2D eigenvalue weighted by molar-refractivity contribution is 5.35. The number of hydrazine groups is 1. The number of halogens is 3. The van der Waals surface area contributed by atoms with E-state index in [9.17, 15) is 13.2 Å². The molecule has 0 heterocycles. The molecule has 0 aliphatic heterocycles. The third-order valence-electron chi connectivity index (χ3n) is 2.15. The Morgan fingerprint density at radius 2 is 2.00 bits per heavy atom. The van der Waals surface area contributed by atoms with Crippen molar-refractivity contribution in [3.8, 4) is 5.75 Å². The molecule has 0 aliphatic rings. The molecule has 0 amide bonds. The molecule has 1 unspecified atom stereocenters. The van der Waals surface area contributed by atoms with Crippen molar-refractivity contribution in [3.05, 3.63) is 29.8 Å². The van der Waals surface area contributed by atoms with Gasteiger partial charge in [-0.2, -0.15) is 13.2 Å². The van der Waals surface area contributed by atoms with Crippen LogP contribution in [0, 0.1) is 0 Å². The van der Waals surface area contributed by atoms with Gasteiger partial charge in [-0.3, -0.25) is 11.3 Å². The van der Waals surface area contributed by atoms with Gasteiger partial charge in [0.2, 0.25) is 0 Å². The third kappa shape index (κ3) is 3.39. The minimum absolute atomic E-state index is 0.384. The largest absolute Gasteiger partial charge is 0.496 e. The van der Waals surface area contributed by atoms with Crippen molar-refractivity contribution in [1.82, 2.24) is 5.43 Å². The van der Waals surface area contributed by atoms with Crippen LogP contribution >= 0.6 is 0 Å². The quantitative estimate of drug-likeness (QED) is 0.620. The lowest BCUT2D eigenvalue weighted by Crippen LogP contribution is -2.32. The van der Waals surface area contributed by atoms with Crippen molar-refractivity contribution in [1.29, 1.82) is 0 Å². The highest BCUT2D eigenvalue weighted by atomic mass is 19.4. The molecule has 6 heteroatoms. The van der Waals surface area contributed by atoms with E-state index >= 15 is 0 Å². The summed E-state index contributed by atoms with van der Waals surface area (Å²) < 4.78 is 41.8. The van der Waals surface area contributed by atoms with Gasteiger partial charge in [0.25, 0.3) is 0 Å². The zero-order valence-electron chi connectivity index (χ0n) is 8.71. The molecule has 1 aromatic carbocycles. The molecular weight excluding hydrogens is 221 g/mol. The van der Waals surface area contributed by atoms with Crippen molar-refractivity contribution in [2.24, 2.45) is 5.84 Å². The molecule has 1 atom stereocenters. The van der Waals surface area contributed by atoms with E-state index in [2.05, 4.69) is 5.43 Å². The molecule has 90 valence electrons. The van der Waals surface area contributed by atoms with Gasteiger partial charge in [-0.05, 0) is 6.07 Å². The lowest BCUT2D eigenvalue weighted by atomic mass is 10.0. The highest BCUT2D eigenvalue weighted by Crippen LogP contribution is 2.33. The van der Waals surface area contributed by atoms with Gasteiger partial charge in [0.1, 0.15) is 5.75 Å². The van der Waals surface area contributed by atoms with Gasteiger partial charge in [0.15, 0.2) is 0 Å². The number of methoxy groups -OCH3 is 1. The summed E-state index contributed by atoms with van der Waals surface area (Å²) in [7, 11) is 1.40. The van der Waals surface area contributed by atoms with Crippen LogP contribution in [0.4, 0.5) is 13.2 Å². The number of hydrogen-bond donors (Lipinski definition) is 2. The van der Waals surface area contributed by atoms with E-state index < -0.39 is 18.6 Å². The van der Waals surface area contributed by atoms with E-state index in [1.807, 2.05) is 0 Å². The zero-order chi connectivity index (χ0) is 12.2. The lowest BCUT2D eigenvalue weighted by molar-refractivity contribution is -0.140. The first-order valence-corrected chi connectivity index (χ1v) is 4.63. The molecule has 16 heavy (non-hydrogen) atoms. The van der Waals surface area contributed by atoms with E-state index in [4.69, 9.17) is 10.6 Å². The number of hydrogen-bond acceptors (Lipinski definition) is 3. The van der Waals surface area contributed by atoms with E-state index in [0.717, 1.165) is 0 Å². The minimum atomic E-state index is -4.28. The second-order valence-corrected chi connectivity index (χ2v) is 3.28. The van der Waals surface area contributed by atoms with Crippen molar-refractivity contribution >= 4 is 0 Å². The monoisotopic (exact) mass is 234 g/mol. The Morgan fingerprint density at radius 1 is 1.38 bits per heavy atom. The van der Waals surface area contributed by atoms with Gasteiger partial charge in [-0.25, -0.2) is 0 Å². The van der Waals surface area contributed by atoms with Crippen molar-refractivity contribution < 1.29 is 17.9 Å². The summed E-state index contributed by atoms with van der Waals surface area (Å²) in [5.74, 6) is 5.51. The van der Waals surface area contributed by atoms with Crippen LogP contribution in [0.2, 0.25) is 0 Å². The maximum atomic E-state index is 12.3. The molecule has 1 aromatic rings. The average molecular weight is 234 g/mol. The Labute approximate surface area is 91.4 Å². The fourth-order valence-electron chi connectivity index (χ4n) is 1.44. The molecular formula is C10H13F3N2O. The van der Waals surface area contributed by atoms with E-state index in [0.29, 0.717) is 11.3 Å². The number of nitrogens with one attached hydrogen (secondary N) is 1. The van der Waals surface area contributed by atoms with Gasteiger partial charge >= 0.3 is 6.18 Å². The molecule has 0 fully saturated rings. The Balaban J connectivity index is 2.94. The average Bonchev–Trinajstić information content (AvgIpc) is 2.24. The van der Waals surface area contributed by atoms with Gasteiger partial charge in [-0.1, -0.05) is 18.2 Å². The molecule has 0 spiro atoms. The summed E-state index contributed by atoms with van der Waals surface area (Å²) in [5.41, 5.74) is 2.54. The topological polar surface area (TPSA) is 47.3 Å². The molecule has 1 rings (SSSR count). The number of para-hydroxylation sites is 1. The van der Waals surface area contributed by atoms with E-state index in [1.54, 1.807) is 24.3 Å². The Kier molecular flexibility index (Phi) is 4.14.